The molecular weight excluding hydrogens is 300 g/mol. The third-order valence-corrected chi connectivity index (χ3v) is 4.73. The third kappa shape index (κ3) is 3.92. The zero-order valence-corrected chi connectivity index (χ0v) is 13.4. The molecule has 0 unspecified atom stereocenters. The van der Waals surface area contributed by atoms with Gasteiger partial charge in [0.25, 0.3) is 0 Å². The van der Waals surface area contributed by atoms with Crippen molar-refractivity contribution in [3.8, 4) is 10.7 Å². The maximum absolute atomic E-state index is 12.0. The quantitative estimate of drug-likeness (QED) is 0.911. The molecule has 7 heteroatoms. The van der Waals surface area contributed by atoms with Crippen molar-refractivity contribution in [2.24, 2.45) is 0 Å². The van der Waals surface area contributed by atoms with Crippen LogP contribution in [0.5, 0.6) is 0 Å². The Kier molecular flexibility index (Phi) is 4.84. The molecule has 0 radical (unpaired) electrons. The summed E-state index contributed by atoms with van der Waals surface area (Å²) < 4.78 is 5.20. The van der Waals surface area contributed by atoms with Crippen LogP contribution in [-0.4, -0.2) is 47.1 Å². The van der Waals surface area contributed by atoms with Crippen LogP contribution in [0.2, 0.25) is 0 Å². The average Bonchev–Trinajstić information content (AvgIpc) is 3.18. The van der Waals surface area contributed by atoms with Gasteiger partial charge < -0.3 is 14.7 Å². The zero-order valence-electron chi connectivity index (χ0n) is 12.6. The van der Waals surface area contributed by atoms with Crippen LogP contribution >= 0.6 is 11.3 Å². The number of carbonyl (C=O) groups is 1. The summed E-state index contributed by atoms with van der Waals surface area (Å²) in [6, 6.07) is 4.20. The minimum Gasteiger partial charge on any atom is -0.353 e. The topological polar surface area (TPSA) is 71.3 Å². The molecule has 2 aromatic rings. The highest BCUT2D eigenvalue weighted by Gasteiger charge is 2.19. The second kappa shape index (κ2) is 7.02. The molecule has 1 aliphatic rings. The van der Waals surface area contributed by atoms with Crippen LogP contribution in [-0.2, 0) is 11.2 Å². The molecule has 0 bridgehead atoms. The Morgan fingerprint density at radius 1 is 1.50 bits per heavy atom. The van der Waals surface area contributed by atoms with Crippen molar-refractivity contribution >= 4 is 17.2 Å². The Morgan fingerprint density at radius 3 is 3.05 bits per heavy atom. The minimum absolute atomic E-state index is 0.0606. The summed E-state index contributed by atoms with van der Waals surface area (Å²) in [7, 11) is 2.11. The second-order valence-corrected chi connectivity index (χ2v) is 6.58. The number of thiophene rings is 1. The highest BCUT2D eigenvalue weighted by molar-refractivity contribution is 7.13. The third-order valence-electron chi connectivity index (χ3n) is 3.86. The molecule has 0 saturated carbocycles. The van der Waals surface area contributed by atoms with Crippen LogP contribution in [0.1, 0.15) is 25.2 Å². The smallest absolute Gasteiger partial charge is 0.227 e. The zero-order chi connectivity index (χ0) is 15.4. The van der Waals surface area contributed by atoms with Crippen LogP contribution in [0.25, 0.3) is 10.7 Å². The van der Waals surface area contributed by atoms with E-state index in [2.05, 4.69) is 27.4 Å². The largest absolute Gasteiger partial charge is 0.353 e. The molecule has 2 aromatic heterocycles. The molecule has 1 amide bonds. The number of likely N-dealkylation sites (tertiary alicyclic amines) is 1. The number of rotatable bonds is 5. The summed E-state index contributed by atoms with van der Waals surface area (Å²) in [6.07, 6.45) is 2.91. The van der Waals surface area contributed by atoms with Gasteiger partial charge in [-0.25, -0.2) is 0 Å². The van der Waals surface area contributed by atoms with E-state index in [-0.39, 0.29) is 5.91 Å². The number of carbonyl (C=O) groups excluding carboxylic acids is 1. The maximum Gasteiger partial charge on any atom is 0.227 e. The van der Waals surface area contributed by atoms with E-state index in [4.69, 9.17) is 4.52 Å². The van der Waals surface area contributed by atoms with Gasteiger partial charge in [0.15, 0.2) is 0 Å². The Labute approximate surface area is 133 Å². The van der Waals surface area contributed by atoms with Gasteiger partial charge in [0.1, 0.15) is 0 Å². The predicted molar refractivity (Wildman–Crippen MR) is 84.6 cm³/mol. The number of hydrogen-bond acceptors (Lipinski definition) is 6. The molecule has 22 heavy (non-hydrogen) atoms. The second-order valence-electron chi connectivity index (χ2n) is 5.63. The standard InChI is InChI=1S/C15H20N4O2S/c1-19-8-6-11(7-9-19)16-13(20)4-5-14-17-15(18-21-14)12-3-2-10-22-12/h2-3,10-11H,4-9H2,1H3,(H,16,20). The van der Waals surface area contributed by atoms with Crippen molar-refractivity contribution in [3.05, 3.63) is 23.4 Å². The van der Waals surface area contributed by atoms with Crippen molar-refractivity contribution in [2.45, 2.75) is 31.7 Å². The Hall–Kier alpha value is -1.73. The molecule has 1 saturated heterocycles. The molecule has 1 fully saturated rings. The SMILES string of the molecule is CN1CCC(NC(=O)CCc2nc(-c3cccs3)no2)CC1. The highest BCUT2D eigenvalue weighted by Crippen LogP contribution is 2.21. The lowest BCUT2D eigenvalue weighted by atomic mass is 10.1. The van der Waals surface area contributed by atoms with Gasteiger partial charge in [-0.1, -0.05) is 11.2 Å². The first-order chi connectivity index (χ1) is 10.7. The van der Waals surface area contributed by atoms with Gasteiger partial charge in [0.2, 0.25) is 17.6 Å². The summed E-state index contributed by atoms with van der Waals surface area (Å²) in [6.45, 7) is 2.08. The van der Waals surface area contributed by atoms with Crippen LogP contribution in [0.15, 0.2) is 22.0 Å². The van der Waals surface area contributed by atoms with Crippen molar-refractivity contribution in [3.63, 3.8) is 0 Å². The molecule has 0 spiro atoms. The number of aryl methyl sites for hydroxylation is 1. The van der Waals surface area contributed by atoms with E-state index in [0.29, 0.717) is 30.6 Å². The molecule has 3 heterocycles. The van der Waals surface area contributed by atoms with Crippen molar-refractivity contribution in [2.75, 3.05) is 20.1 Å². The fourth-order valence-corrected chi connectivity index (χ4v) is 3.18. The summed E-state index contributed by atoms with van der Waals surface area (Å²) in [4.78, 5) is 19.6. The molecule has 0 aliphatic carbocycles. The van der Waals surface area contributed by atoms with E-state index < -0.39 is 0 Å². The van der Waals surface area contributed by atoms with Gasteiger partial charge >= 0.3 is 0 Å². The van der Waals surface area contributed by atoms with Crippen LogP contribution < -0.4 is 5.32 Å². The monoisotopic (exact) mass is 320 g/mol. The minimum atomic E-state index is 0.0606. The first-order valence-corrected chi connectivity index (χ1v) is 8.43. The molecule has 3 rings (SSSR count). The van der Waals surface area contributed by atoms with Crippen LogP contribution in [0.4, 0.5) is 0 Å². The normalized spacial score (nSPS) is 16.8. The Morgan fingerprint density at radius 2 is 2.32 bits per heavy atom. The van der Waals surface area contributed by atoms with Crippen LogP contribution in [0.3, 0.4) is 0 Å². The number of amides is 1. The summed E-state index contributed by atoms with van der Waals surface area (Å²) in [5, 5.41) is 9.01. The van der Waals surface area contributed by atoms with Gasteiger partial charge in [0.05, 0.1) is 4.88 Å². The van der Waals surface area contributed by atoms with Crippen LogP contribution in [0, 0.1) is 0 Å². The lowest BCUT2D eigenvalue weighted by molar-refractivity contribution is -0.122. The van der Waals surface area contributed by atoms with E-state index >= 15 is 0 Å². The van der Waals surface area contributed by atoms with Gasteiger partial charge in [-0.05, 0) is 44.4 Å². The first kappa shape index (κ1) is 15.2. The molecule has 118 valence electrons. The predicted octanol–water partition coefficient (Wildman–Crippen LogP) is 1.94. The molecule has 1 aliphatic heterocycles. The van der Waals surface area contributed by atoms with E-state index in [1.165, 1.54) is 0 Å². The number of nitrogens with one attached hydrogen (secondary N) is 1. The summed E-state index contributed by atoms with van der Waals surface area (Å²) in [5.74, 6) is 1.17. The average molecular weight is 320 g/mol. The van der Waals surface area contributed by atoms with Gasteiger partial charge in [-0.3, -0.25) is 4.79 Å². The lowest BCUT2D eigenvalue weighted by Gasteiger charge is -2.29. The summed E-state index contributed by atoms with van der Waals surface area (Å²) >= 11 is 1.57. The van der Waals surface area contributed by atoms with Crippen molar-refractivity contribution in [1.82, 2.24) is 20.4 Å². The Bertz CT molecular complexity index is 603. The van der Waals surface area contributed by atoms with E-state index in [0.717, 1.165) is 30.8 Å². The molecule has 6 nitrogen and oxygen atoms in total. The number of hydrogen-bond donors (Lipinski definition) is 1. The molecule has 0 atom stereocenters. The van der Waals surface area contributed by atoms with Gasteiger partial charge in [-0.15, -0.1) is 11.3 Å². The fraction of sp³-hybridized carbons (Fsp3) is 0.533. The lowest BCUT2D eigenvalue weighted by Crippen LogP contribution is -2.43. The molecular formula is C15H20N4O2S. The van der Waals surface area contributed by atoms with Crippen molar-refractivity contribution < 1.29 is 9.32 Å². The Balaban J connectivity index is 1.45. The van der Waals surface area contributed by atoms with E-state index in [1.807, 2.05) is 17.5 Å². The van der Waals surface area contributed by atoms with Gasteiger partial charge in [-0.2, -0.15) is 4.98 Å². The van der Waals surface area contributed by atoms with Gasteiger partial charge in [0, 0.05) is 18.9 Å². The molecule has 0 aromatic carbocycles. The maximum atomic E-state index is 12.0. The fourth-order valence-electron chi connectivity index (χ4n) is 2.54. The van der Waals surface area contributed by atoms with E-state index in [1.54, 1.807) is 11.3 Å². The van der Waals surface area contributed by atoms with Crippen molar-refractivity contribution in [1.29, 1.82) is 0 Å². The molecule has 1 N–H and O–H groups in total. The number of aromatic nitrogens is 2. The van der Waals surface area contributed by atoms with E-state index in [9.17, 15) is 4.79 Å². The number of nitrogens with zero attached hydrogens (tertiary/aromatic N) is 3. The highest BCUT2D eigenvalue weighted by atomic mass is 32.1. The summed E-state index contributed by atoms with van der Waals surface area (Å²) in [5.41, 5.74) is 0. The number of piperidine rings is 1. The first-order valence-electron chi connectivity index (χ1n) is 7.55.